The summed E-state index contributed by atoms with van der Waals surface area (Å²) in [4.78, 5) is 24.8. The number of hydrogen-bond acceptors (Lipinski definition) is 5. The molecule has 0 aliphatic rings. The van der Waals surface area contributed by atoms with E-state index in [-0.39, 0.29) is 19.0 Å². The van der Waals surface area contributed by atoms with Gasteiger partial charge in [0.15, 0.2) is 0 Å². The second-order valence-electron chi connectivity index (χ2n) is 5.79. The van der Waals surface area contributed by atoms with E-state index < -0.39 is 17.9 Å². The van der Waals surface area contributed by atoms with E-state index in [2.05, 4.69) is 0 Å². The van der Waals surface area contributed by atoms with Crippen LogP contribution >= 0.6 is 0 Å². The summed E-state index contributed by atoms with van der Waals surface area (Å²) in [7, 11) is 0. The van der Waals surface area contributed by atoms with Gasteiger partial charge in [-0.05, 0) is 46.8 Å². The van der Waals surface area contributed by atoms with E-state index >= 15 is 0 Å². The van der Waals surface area contributed by atoms with E-state index in [1.54, 1.807) is 32.9 Å². The van der Waals surface area contributed by atoms with Crippen molar-refractivity contribution in [1.82, 2.24) is 4.57 Å². The van der Waals surface area contributed by atoms with Crippen molar-refractivity contribution in [2.45, 2.75) is 47.1 Å². The van der Waals surface area contributed by atoms with Crippen molar-refractivity contribution < 1.29 is 24.2 Å². The summed E-state index contributed by atoms with van der Waals surface area (Å²) in [5.74, 6) is -1.64. The number of nitrogens with zero attached hydrogens (tertiary/aromatic N) is 1. The smallest absolute Gasteiger partial charge is 0.340 e. The van der Waals surface area contributed by atoms with E-state index in [9.17, 15) is 14.7 Å². The van der Waals surface area contributed by atoms with Crippen LogP contribution in [0.2, 0.25) is 0 Å². The third-order valence-electron chi connectivity index (χ3n) is 4.38. The first kappa shape index (κ1) is 18.8. The summed E-state index contributed by atoms with van der Waals surface area (Å²) < 4.78 is 12.3. The molecule has 0 aliphatic heterocycles. The third kappa shape index (κ3) is 3.21. The number of rotatable bonds is 6. The number of aryl methyl sites for hydroxylation is 1. The van der Waals surface area contributed by atoms with Gasteiger partial charge in [0.05, 0.1) is 24.7 Å². The number of fused-ring (bicyclic) bond motifs is 1. The van der Waals surface area contributed by atoms with Crippen LogP contribution in [0.1, 0.15) is 55.2 Å². The van der Waals surface area contributed by atoms with E-state index in [0.29, 0.717) is 23.1 Å². The van der Waals surface area contributed by atoms with Gasteiger partial charge in [0.1, 0.15) is 5.75 Å². The summed E-state index contributed by atoms with van der Waals surface area (Å²) in [6.45, 7) is 10.1. The summed E-state index contributed by atoms with van der Waals surface area (Å²) in [6, 6.07) is 3.30. The Balaban J connectivity index is 2.83. The summed E-state index contributed by atoms with van der Waals surface area (Å²) in [6.07, 6.45) is 0. The molecule has 0 aliphatic carbocycles. The molecule has 0 saturated carbocycles. The first-order valence-electron chi connectivity index (χ1n) is 8.57. The van der Waals surface area contributed by atoms with Crippen molar-refractivity contribution >= 4 is 22.8 Å². The molecular formula is C19H25NO5. The highest BCUT2D eigenvalue weighted by Crippen LogP contribution is 2.39. The van der Waals surface area contributed by atoms with Gasteiger partial charge in [0.2, 0.25) is 0 Å². The lowest BCUT2D eigenvalue weighted by molar-refractivity contribution is -0.144. The Labute approximate surface area is 147 Å². The molecule has 1 N–H and O–H groups in total. The lowest BCUT2D eigenvalue weighted by Crippen LogP contribution is -2.14. The number of benzene rings is 1. The average Bonchev–Trinajstić information content (AvgIpc) is 2.86. The molecular weight excluding hydrogens is 322 g/mol. The highest BCUT2D eigenvalue weighted by atomic mass is 16.5. The molecule has 136 valence electrons. The molecule has 1 aromatic heterocycles. The second kappa shape index (κ2) is 7.59. The van der Waals surface area contributed by atoms with Gasteiger partial charge in [-0.25, -0.2) is 4.79 Å². The maximum absolute atomic E-state index is 12.6. The van der Waals surface area contributed by atoms with Gasteiger partial charge in [-0.3, -0.25) is 4.79 Å². The van der Waals surface area contributed by atoms with Crippen molar-refractivity contribution in [2.24, 2.45) is 0 Å². The molecule has 2 aromatic rings. The predicted octanol–water partition coefficient (Wildman–Crippen LogP) is 3.52. The van der Waals surface area contributed by atoms with Crippen LogP contribution in [0.25, 0.3) is 10.9 Å². The Morgan fingerprint density at radius 1 is 1.16 bits per heavy atom. The zero-order valence-corrected chi connectivity index (χ0v) is 15.4. The average molecular weight is 347 g/mol. The number of phenolic OH excluding ortho intramolecular Hbond substituents is 1. The Morgan fingerprint density at radius 3 is 2.36 bits per heavy atom. The molecule has 0 spiro atoms. The molecule has 0 bridgehead atoms. The van der Waals surface area contributed by atoms with Crippen LogP contribution in [0.5, 0.6) is 5.75 Å². The minimum absolute atomic E-state index is 0.0353. The molecule has 25 heavy (non-hydrogen) atoms. The molecule has 6 nitrogen and oxygen atoms in total. The van der Waals surface area contributed by atoms with Crippen LogP contribution < -0.4 is 0 Å². The Kier molecular flexibility index (Phi) is 5.72. The minimum Gasteiger partial charge on any atom is -0.508 e. The second-order valence-corrected chi connectivity index (χ2v) is 5.79. The van der Waals surface area contributed by atoms with E-state index in [4.69, 9.17) is 9.47 Å². The van der Waals surface area contributed by atoms with Crippen molar-refractivity contribution in [2.75, 3.05) is 13.2 Å². The van der Waals surface area contributed by atoms with Gasteiger partial charge in [-0.1, -0.05) is 0 Å². The summed E-state index contributed by atoms with van der Waals surface area (Å²) in [5.41, 5.74) is 2.32. The molecule has 0 radical (unpaired) electrons. The van der Waals surface area contributed by atoms with Gasteiger partial charge in [0.25, 0.3) is 0 Å². The van der Waals surface area contributed by atoms with Gasteiger partial charge in [-0.2, -0.15) is 0 Å². The number of phenols is 1. The highest BCUT2D eigenvalue weighted by molar-refractivity contribution is 6.09. The highest BCUT2D eigenvalue weighted by Gasteiger charge is 2.29. The fraction of sp³-hybridized carbons (Fsp3) is 0.474. The quantitative estimate of drug-likeness (QED) is 0.809. The number of aromatic nitrogens is 1. The standard InChI is InChI=1S/C19H25NO5/c1-6-20-12(5)16(19(23)25-8-3)17-13(20)9-10-14(21)15(17)11(4)18(22)24-7-2/h9-11,21H,6-8H2,1-5H3. The molecule has 0 fully saturated rings. The van der Waals surface area contributed by atoms with Crippen LogP contribution in [-0.2, 0) is 20.8 Å². The van der Waals surface area contributed by atoms with Gasteiger partial charge in [-0.15, -0.1) is 0 Å². The molecule has 6 heteroatoms. The maximum atomic E-state index is 12.6. The SMILES string of the molecule is CCOC(=O)c1c(C)n(CC)c2ccc(O)c(C(C)C(=O)OCC)c12. The van der Waals surface area contributed by atoms with Crippen LogP contribution in [0.3, 0.4) is 0 Å². The monoisotopic (exact) mass is 347 g/mol. The van der Waals surface area contributed by atoms with Crippen molar-refractivity contribution in [3.8, 4) is 5.75 Å². The molecule has 1 aromatic carbocycles. The lowest BCUT2D eigenvalue weighted by atomic mass is 9.93. The number of aromatic hydroxyl groups is 1. The molecule has 0 saturated heterocycles. The Bertz CT molecular complexity index is 806. The van der Waals surface area contributed by atoms with Gasteiger partial charge >= 0.3 is 11.9 Å². The van der Waals surface area contributed by atoms with Crippen LogP contribution in [-0.4, -0.2) is 34.8 Å². The van der Waals surface area contributed by atoms with Crippen LogP contribution in [0.15, 0.2) is 12.1 Å². The first-order chi connectivity index (χ1) is 11.9. The largest absolute Gasteiger partial charge is 0.508 e. The van der Waals surface area contributed by atoms with Crippen molar-refractivity contribution in [3.63, 3.8) is 0 Å². The summed E-state index contributed by atoms with van der Waals surface area (Å²) >= 11 is 0. The number of carbonyl (C=O) groups is 2. The zero-order valence-electron chi connectivity index (χ0n) is 15.4. The Hall–Kier alpha value is -2.50. The summed E-state index contributed by atoms with van der Waals surface area (Å²) in [5, 5.41) is 11.0. The van der Waals surface area contributed by atoms with E-state index in [1.807, 2.05) is 18.4 Å². The number of esters is 2. The zero-order chi connectivity index (χ0) is 18.7. The fourth-order valence-corrected chi connectivity index (χ4v) is 3.27. The maximum Gasteiger partial charge on any atom is 0.340 e. The van der Waals surface area contributed by atoms with Gasteiger partial charge < -0.3 is 19.1 Å². The topological polar surface area (TPSA) is 77.8 Å². The molecule has 1 heterocycles. The lowest BCUT2D eigenvalue weighted by Gasteiger charge is -2.15. The Morgan fingerprint density at radius 2 is 1.80 bits per heavy atom. The fourth-order valence-electron chi connectivity index (χ4n) is 3.27. The normalized spacial score (nSPS) is 12.2. The number of ether oxygens (including phenoxy) is 2. The predicted molar refractivity (Wildman–Crippen MR) is 95.0 cm³/mol. The van der Waals surface area contributed by atoms with Gasteiger partial charge in [0, 0.05) is 28.7 Å². The number of hydrogen-bond donors (Lipinski definition) is 1. The molecule has 2 rings (SSSR count). The first-order valence-corrected chi connectivity index (χ1v) is 8.57. The number of carbonyl (C=O) groups excluding carboxylic acids is 2. The van der Waals surface area contributed by atoms with E-state index in [0.717, 1.165) is 11.2 Å². The molecule has 1 unspecified atom stereocenters. The van der Waals surface area contributed by atoms with Crippen molar-refractivity contribution in [1.29, 1.82) is 0 Å². The van der Waals surface area contributed by atoms with E-state index in [1.165, 1.54) is 0 Å². The van der Waals surface area contributed by atoms with Crippen LogP contribution in [0, 0.1) is 6.92 Å². The molecule has 1 atom stereocenters. The minimum atomic E-state index is -0.705. The third-order valence-corrected chi connectivity index (χ3v) is 4.38. The molecule has 0 amide bonds. The van der Waals surface area contributed by atoms with Crippen molar-refractivity contribution in [3.05, 3.63) is 29.0 Å². The van der Waals surface area contributed by atoms with Crippen LogP contribution in [0.4, 0.5) is 0 Å².